The number of nitrogens with one attached hydrogen (secondary N) is 2. The van der Waals surface area contributed by atoms with Crippen molar-refractivity contribution in [3.63, 3.8) is 0 Å². The van der Waals surface area contributed by atoms with Crippen LogP contribution < -0.4 is 25.4 Å². The molecule has 4 aromatic rings. The number of fused-ring (bicyclic) bond motifs is 2. The maximum atomic E-state index is 14.2. The van der Waals surface area contributed by atoms with Crippen LogP contribution in [0, 0.1) is 0 Å². The lowest BCUT2D eigenvalue weighted by Crippen LogP contribution is -2.54. The number of anilines is 2. The number of ether oxygens (including phenoxy) is 1. The van der Waals surface area contributed by atoms with Crippen molar-refractivity contribution >= 4 is 33.0 Å². The van der Waals surface area contributed by atoms with Crippen molar-refractivity contribution in [1.82, 2.24) is 30.8 Å². The fourth-order valence-electron chi connectivity index (χ4n) is 6.00. The molecule has 2 N–H and O–H groups in total. The molecule has 5 heterocycles. The minimum absolute atomic E-state index is 0.0347. The van der Waals surface area contributed by atoms with E-state index in [4.69, 9.17) is 4.74 Å². The van der Waals surface area contributed by atoms with E-state index in [1.807, 2.05) is 24.3 Å². The van der Waals surface area contributed by atoms with Crippen molar-refractivity contribution in [2.24, 2.45) is 0 Å². The van der Waals surface area contributed by atoms with Gasteiger partial charge in [0.25, 0.3) is 11.8 Å². The highest BCUT2D eigenvalue weighted by Gasteiger charge is 2.39. The Bertz CT molecular complexity index is 1730. The van der Waals surface area contributed by atoms with Crippen LogP contribution in [0.25, 0.3) is 0 Å². The molecule has 0 radical (unpaired) electrons. The number of pyridine rings is 2. The summed E-state index contributed by atoms with van der Waals surface area (Å²) < 4.78 is 34.5. The fourth-order valence-corrected chi connectivity index (χ4v) is 7.85. The normalized spacial score (nSPS) is 17.7. The number of amides is 2. The quantitative estimate of drug-likeness (QED) is 0.283. The van der Waals surface area contributed by atoms with E-state index in [2.05, 4.69) is 30.6 Å². The molecule has 2 aromatic carbocycles. The molecule has 3 aliphatic rings. The molecule has 46 heavy (non-hydrogen) atoms. The van der Waals surface area contributed by atoms with Crippen molar-refractivity contribution in [1.29, 1.82) is 0 Å². The molecule has 2 amide bonds. The van der Waals surface area contributed by atoms with E-state index in [9.17, 15) is 18.0 Å². The number of nitrogens with zero attached hydrogens (tertiary/aromatic N) is 6. The molecule has 2 aromatic heterocycles. The third-order valence-electron chi connectivity index (χ3n) is 8.34. The summed E-state index contributed by atoms with van der Waals surface area (Å²) in [5, 5.41) is 3.55. The van der Waals surface area contributed by atoms with Gasteiger partial charge in [0.1, 0.15) is 21.3 Å². The van der Waals surface area contributed by atoms with Crippen molar-refractivity contribution < 1.29 is 22.7 Å². The van der Waals surface area contributed by atoms with Crippen LogP contribution in [0.2, 0.25) is 0 Å². The van der Waals surface area contributed by atoms with Gasteiger partial charge in [-0.1, -0.05) is 12.1 Å². The average Bonchev–Trinajstić information content (AvgIpc) is 3.09. The molecule has 3 aliphatic heterocycles. The van der Waals surface area contributed by atoms with E-state index in [0.717, 1.165) is 11.4 Å². The van der Waals surface area contributed by atoms with Gasteiger partial charge < -0.3 is 14.5 Å². The maximum Gasteiger partial charge on any atom is 0.267 e. The molecule has 236 valence electrons. The Morgan fingerprint density at radius 3 is 1.37 bits per heavy atom. The summed E-state index contributed by atoms with van der Waals surface area (Å²) in [4.78, 5) is 39.1. The molecule has 0 bridgehead atoms. The van der Waals surface area contributed by atoms with Crippen LogP contribution in [0.5, 0.6) is 11.5 Å². The fraction of sp³-hybridized carbons (Fsp3) is 0.250. The van der Waals surface area contributed by atoms with Crippen LogP contribution in [-0.4, -0.2) is 92.6 Å². The topological polar surface area (TPSA) is 140 Å². The molecule has 14 heteroatoms. The number of sulfone groups is 1. The summed E-state index contributed by atoms with van der Waals surface area (Å²) in [6.45, 7) is 4.83. The Balaban J connectivity index is 1.07. The van der Waals surface area contributed by atoms with Gasteiger partial charge in [0.2, 0.25) is 9.84 Å². The smallest absolute Gasteiger partial charge is 0.267 e. The molecule has 0 aliphatic carbocycles. The predicted molar refractivity (Wildman–Crippen MR) is 169 cm³/mol. The average molecular weight is 641 g/mol. The zero-order chi connectivity index (χ0) is 31.7. The van der Waals surface area contributed by atoms with Gasteiger partial charge in [-0.05, 0) is 48.5 Å². The summed E-state index contributed by atoms with van der Waals surface area (Å²) in [5.74, 6) is -1.07. The highest BCUT2D eigenvalue weighted by molar-refractivity contribution is 7.92. The Labute approximate surface area is 266 Å². The van der Waals surface area contributed by atoms with Gasteiger partial charge in [0.05, 0.1) is 11.1 Å². The van der Waals surface area contributed by atoms with Crippen LogP contribution in [0.3, 0.4) is 0 Å². The van der Waals surface area contributed by atoms with Crippen LogP contribution in [0.1, 0.15) is 20.7 Å². The van der Waals surface area contributed by atoms with Gasteiger partial charge in [-0.2, -0.15) is 0 Å². The lowest BCUT2D eigenvalue weighted by molar-refractivity contribution is 0.0768. The van der Waals surface area contributed by atoms with E-state index >= 15 is 0 Å². The summed E-state index contributed by atoms with van der Waals surface area (Å²) in [6, 6.07) is 16.8. The summed E-state index contributed by atoms with van der Waals surface area (Å²) >= 11 is 0. The van der Waals surface area contributed by atoms with Gasteiger partial charge in [0, 0.05) is 88.5 Å². The SMILES string of the molecule is O=C(NN1CCN(c2ccncc2)CC1)c1cccc2c1S(=O)(=O)c1c(cccc1C(=O)NN1CCN(c3ccncc3)CC1)O2. The van der Waals surface area contributed by atoms with Crippen molar-refractivity contribution in [2.75, 3.05) is 62.2 Å². The number of aromatic nitrogens is 2. The van der Waals surface area contributed by atoms with Gasteiger partial charge >= 0.3 is 0 Å². The number of rotatable bonds is 6. The van der Waals surface area contributed by atoms with Gasteiger partial charge in [-0.25, -0.2) is 18.4 Å². The molecule has 13 nitrogen and oxygen atoms in total. The zero-order valence-electron chi connectivity index (χ0n) is 24.9. The lowest BCUT2D eigenvalue weighted by atomic mass is 10.1. The number of hydrogen-bond acceptors (Lipinski definition) is 11. The second kappa shape index (κ2) is 12.4. The van der Waals surface area contributed by atoms with Gasteiger partial charge in [0.15, 0.2) is 0 Å². The first kappa shape index (κ1) is 29.6. The van der Waals surface area contributed by atoms with Crippen molar-refractivity contribution in [3.8, 4) is 11.5 Å². The minimum Gasteiger partial charge on any atom is -0.455 e. The number of carbonyl (C=O) groups excluding carboxylic acids is 2. The molecule has 0 atom stereocenters. The van der Waals surface area contributed by atoms with Gasteiger partial charge in [-0.15, -0.1) is 0 Å². The van der Waals surface area contributed by atoms with E-state index in [1.54, 1.807) is 46.9 Å². The van der Waals surface area contributed by atoms with E-state index in [-0.39, 0.29) is 32.4 Å². The predicted octanol–water partition coefficient (Wildman–Crippen LogP) is 2.35. The second-order valence-electron chi connectivity index (χ2n) is 11.1. The highest BCUT2D eigenvalue weighted by Crippen LogP contribution is 2.45. The van der Waals surface area contributed by atoms with E-state index in [1.165, 1.54) is 24.3 Å². The van der Waals surface area contributed by atoms with Crippen LogP contribution in [-0.2, 0) is 9.84 Å². The first-order valence-electron chi connectivity index (χ1n) is 15.0. The number of carbonyl (C=O) groups is 2. The molecular formula is C32H32N8O5S. The Hall–Kier alpha value is -5.05. The van der Waals surface area contributed by atoms with Gasteiger partial charge in [-0.3, -0.25) is 30.4 Å². The molecular weight excluding hydrogens is 608 g/mol. The first-order valence-corrected chi connectivity index (χ1v) is 16.5. The number of piperazine rings is 2. The zero-order valence-corrected chi connectivity index (χ0v) is 25.7. The molecule has 0 spiro atoms. The van der Waals surface area contributed by atoms with Crippen LogP contribution in [0.15, 0.2) is 95.2 Å². The number of hydrazine groups is 2. The third kappa shape index (κ3) is 5.73. The highest BCUT2D eigenvalue weighted by atomic mass is 32.2. The molecule has 0 saturated carbocycles. The Morgan fingerprint density at radius 1 is 0.587 bits per heavy atom. The Kier molecular flexibility index (Phi) is 7.98. The molecule has 0 unspecified atom stereocenters. The first-order chi connectivity index (χ1) is 22.4. The van der Waals surface area contributed by atoms with Crippen molar-refractivity contribution in [3.05, 3.63) is 96.6 Å². The molecule has 7 rings (SSSR count). The van der Waals surface area contributed by atoms with Crippen LogP contribution >= 0.6 is 0 Å². The largest absolute Gasteiger partial charge is 0.455 e. The second-order valence-corrected chi connectivity index (χ2v) is 12.9. The summed E-state index contributed by atoms with van der Waals surface area (Å²) in [6.07, 6.45) is 6.96. The number of benzene rings is 2. The van der Waals surface area contributed by atoms with Crippen molar-refractivity contribution in [2.45, 2.75) is 9.79 Å². The standard InChI is InChI=1S/C32H32N8O5S/c41-31(35-39-19-15-37(16-20-39)23-7-11-33-12-8-23)25-3-1-5-27-29(25)46(43,44)30-26(4-2-6-28(30)45-27)32(42)36-40-21-17-38(18-22-40)24-9-13-34-14-10-24/h1-14H,15-22H2,(H,35,41)(H,36,42). The summed E-state index contributed by atoms with van der Waals surface area (Å²) in [7, 11) is -4.34. The molecule has 2 saturated heterocycles. The monoisotopic (exact) mass is 640 g/mol. The Morgan fingerprint density at radius 2 is 0.978 bits per heavy atom. The third-order valence-corrected chi connectivity index (χ3v) is 10.3. The lowest BCUT2D eigenvalue weighted by Gasteiger charge is -2.36. The van der Waals surface area contributed by atoms with E-state index in [0.29, 0.717) is 52.4 Å². The summed E-state index contributed by atoms with van der Waals surface area (Å²) in [5.41, 5.74) is 7.73. The minimum atomic E-state index is -4.34. The van der Waals surface area contributed by atoms with Crippen LogP contribution in [0.4, 0.5) is 11.4 Å². The molecule has 2 fully saturated rings. The maximum absolute atomic E-state index is 14.2. The van der Waals surface area contributed by atoms with E-state index < -0.39 is 21.7 Å². The number of hydrogen-bond donors (Lipinski definition) is 2.